The van der Waals surface area contributed by atoms with Crippen molar-refractivity contribution in [3.05, 3.63) is 58.8 Å². The number of amides is 1. The van der Waals surface area contributed by atoms with Gasteiger partial charge in [0.25, 0.3) is 5.91 Å². The molecule has 212 valence electrons. The van der Waals surface area contributed by atoms with E-state index < -0.39 is 16.1 Å². The fourth-order valence-corrected chi connectivity index (χ4v) is 7.43. The number of hydrogen-bond donors (Lipinski definition) is 2. The molecule has 1 aliphatic carbocycles. The minimum absolute atomic E-state index is 0.338. The Kier molecular flexibility index (Phi) is 7.35. The van der Waals surface area contributed by atoms with E-state index in [-0.39, 0.29) is 0 Å². The fraction of sp³-hybridized carbons (Fsp3) is 0.452. The van der Waals surface area contributed by atoms with E-state index in [9.17, 15) is 13.2 Å². The third-order valence-electron chi connectivity index (χ3n) is 8.69. The summed E-state index contributed by atoms with van der Waals surface area (Å²) in [7, 11) is -0.716. The number of benzene rings is 2. The summed E-state index contributed by atoms with van der Waals surface area (Å²) in [5, 5.41) is 4.82. The second-order valence-electron chi connectivity index (χ2n) is 11.3. The van der Waals surface area contributed by atoms with Crippen molar-refractivity contribution in [1.29, 1.82) is 0 Å². The van der Waals surface area contributed by atoms with Gasteiger partial charge in [0.05, 0.1) is 19.3 Å². The second-order valence-corrected chi connectivity index (χ2v) is 13.1. The number of nitrogens with zero attached hydrogens (tertiary/aromatic N) is 2. The third-order valence-corrected chi connectivity index (χ3v) is 10.1. The molecule has 1 amide bonds. The third kappa shape index (κ3) is 5.01. The summed E-state index contributed by atoms with van der Waals surface area (Å²) in [5.41, 5.74) is 7.21. The Morgan fingerprint density at radius 1 is 0.975 bits per heavy atom. The van der Waals surface area contributed by atoms with Gasteiger partial charge < -0.3 is 14.6 Å². The number of allylic oxidation sites excluding steroid dienone is 1. The number of aromatic nitrogens is 1. The number of fused-ring (bicyclic) bond motifs is 4. The lowest BCUT2D eigenvalue weighted by Crippen LogP contribution is -2.41. The zero-order chi connectivity index (χ0) is 27.9. The van der Waals surface area contributed by atoms with Crippen molar-refractivity contribution in [2.45, 2.75) is 63.8 Å². The topological polar surface area (TPSA) is 92.7 Å². The van der Waals surface area contributed by atoms with Gasteiger partial charge in [0, 0.05) is 47.9 Å². The van der Waals surface area contributed by atoms with Crippen molar-refractivity contribution in [1.82, 2.24) is 18.9 Å². The minimum Gasteiger partial charge on any atom is -0.497 e. The van der Waals surface area contributed by atoms with Crippen molar-refractivity contribution < 1.29 is 17.9 Å². The normalized spacial score (nSPS) is 20.4. The zero-order valence-electron chi connectivity index (χ0n) is 23.3. The molecule has 40 heavy (non-hydrogen) atoms. The Balaban J connectivity index is 1.58. The maximum Gasteiger partial charge on any atom is 0.303 e. The van der Waals surface area contributed by atoms with E-state index in [4.69, 9.17) is 4.74 Å². The average molecular weight is 563 g/mol. The molecule has 1 fully saturated rings. The van der Waals surface area contributed by atoms with Crippen LogP contribution in [-0.2, 0) is 16.8 Å². The predicted octanol–water partition coefficient (Wildman–Crippen LogP) is 5.40. The molecule has 0 radical (unpaired) electrons. The lowest BCUT2D eigenvalue weighted by Gasteiger charge is -2.24. The van der Waals surface area contributed by atoms with E-state index in [1.165, 1.54) is 41.9 Å². The predicted molar refractivity (Wildman–Crippen MR) is 159 cm³/mol. The Labute approximate surface area is 236 Å². The first-order valence-corrected chi connectivity index (χ1v) is 15.9. The summed E-state index contributed by atoms with van der Waals surface area (Å²) in [6.45, 7) is 1.80. The van der Waals surface area contributed by atoms with Gasteiger partial charge >= 0.3 is 10.2 Å². The van der Waals surface area contributed by atoms with Crippen LogP contribution in [0.25, 0.3) is 28.2 Å². The van der Waals surface area contributed by atoms with E-state index in [1.54, 1.807) is 13.2 Å². The highest BCUT2D eigenvalue weighted by Crippen LogP contribution is 2.46. The van der Waals surface area contributed by atoms with Crippen molar-refractivity contribution in [2.24, 2.45) is 0 Å². The Morgan fingerprint density at radius 3 is 2.58 bits per heavy atom. The van der Waals surface area contributed by atoms with Gasteiger partial charge in [-0.1, -0.05) is 31.7 Å². The fourth-order valence-electron chi connectivity index (χ4n) is 6.55. The molecule has 1 saturated carbocycles. The van der Waals surface area contributed by atoms with Gasteiger partial charge in [0.1, 0.15) is 5.75 Å². The van der Waals surface area contributed by atoms with Crippen LogP contribution >= 0.6 is 0 Å². The van der Waals surface area contributed by atoms with Crippen molar-refractivity contribution >= 4 is 33.1 Å². The largest absolute Gasteiger partial charge is 0.497 e. The van der Waals surface area contributed by atoms with Gasteiger partial charge in [-0.05, 0) is 79.1 Å². The first kappa shape index (κ1) is 26.9. The van der Waals surface area contributed by atoms with Crippen LogP contribution in [0.2, 0.25) is 0 Å². The van der Waals surface area contributed by atoms with Crippen LogP contribution in [0, 0.1) is 0 Å². The molecule has 2 N–H and O–H groups in total. The lowest BCUT2D eigenvalue weighted by molar-refractivity contribution is 0.0979. The molecule has 2 aliphatic heterocycles. The monoisotopic (exact) mass is 562 g/mol. The molecule has 9 heteroatoms. The second kappa shape index (κ2) is 10.9. The van der Waals surface area contributed by atoms with Crippen LogP contribution in [0.4, 0.5) is 0 Å². The van der Waals surface area contributed by atoms with Crippen molar-refractivity contribution in [3.63, 3.8) is 0 Å². The van der Waals surface area contributed by atoms with Crippen LogP contribution in [0.3, 0.4) is 0 Å². The number of carbonyl (C=O) groups is 1. The average Bonchev–Trinajstić information content (AvgIpc) is 3.17. The lowest BCUT2D eigenvalue weighted by atomic mass is 9.81. The van der Waals surface area contributed by atoms with Crippen LogP contribution in [0.15, 0.2) is 42.1 Å². The molecule has 0 spiro atoms. The molecule has 0 unspecified atom stereocenters. The summed E-state index contributed by atoms with van der Waals surface area (Å²) in [6, 6.07) is 11.9. The van der Waals surface area contributed by atoms with E-state index in [0.717, 1.165) is 72.1 Å². The SMILES string of the molecule is COc1ccc2c(c1)C=C1Cn3c-2c(C2CCCCC2)c2ccc(cc23)C(=O)NS(=O)(=O)N(C)CCCCCN1. The number of nitrogens with one attached hydrogen (secondary N) is 2. The van der Waals surface area contributed by atoms with Crippen LogP contribution in [0.5, 0.6) is 5.75 Å². The standard InChI is InChI=1S/C31H38N4O4S/c1-34-16-8-4-7-15-32-24-17-23-18-25(39-2)12-14-26(23)30-29(21-9-5-3-6-10-21)27-13-11-22(19-28(27)35(30)20-24)31(36)33-40(34,37)38/h11-14,17-19,21,32H,3-10,15-16,20H2,1-2H3,(H,33,36). The maximum absolute atomic E-state index is 13.3. The van der Waals surface area contributed by atoms with Gasteiger partial charge in [-0.2, -0.15) is 12.7 Å². The van der Waals surface area contributed by atoms with Crippen molar-refractivity contribution in [2.75, 3.05) is 27.2 Å². The number of rotatable bonds is 2. The first-order valence-electron chi connectivity index (χ1n) is 14.4. The summed E-state index contributed by atoms with van der Waals surface area (Å²) in [4.78, 5) is 13.3. The minimum atomic E-state index is -3.93. The molecule has 0 atom stereocenters. The molecular weight excluding hydrogens is 524 g/mol. The highest BCUT2D eigenvalue weighted by molar-refractivity contribution is 7.87. The molecule has 0 saturated heterocycles. The summed E-state index contributed by atoms with van der Waals surface area (Å²) < 4.78 is 37.2. The number of carbonyl (C=O) groups excluding carboxylic acids is 1. The van der Waals surface area contributed by atoms with Gasteiger partial charge in [-0.25, -0.2) is 4.72 Å². The van der Waals surface area contributed by atoms with Crippen LogP contribution < -0.4 is 14.8 Å². The van der Waals surface area contributed by atoms with Crippen LogP contribution in [-0.4, -0.2) is 50.4 Å². The van der Waals surface area contributed by atoms with E-state index in [1.807, 2.05) is 18.2 Å². The summed E-state index contributed by atoms with van der Waals surface area (Å²) in [6.07, 6.45) is 10.7. The van der Waals surface area contributed by atoms with Crippen molar-refractivity contribution in [3.8, 4) is 17.0 Å². The summed E-state index contributed by atoms with van der Waals surface area (Å²) >= 11 is 0. The first-order chi connectivity index (χ1) is 19.4. The molecule has 3 aliphatic rings. The highest BCUT2D eigenvalue weighted by Gasteiger charge is 2.30. The maximum atomic E-state index is 13.3. The molecular formula is C31H38N4O4S. The Hall–Kier alpha value is -3.30. The van der Waals surface area contributed by atoms with Gasteiger partial charge in [-0.15, -0.1) is 0 Å². The number of ether oxygens (including phenoxy) is 1. The van der Waals surface area contributed by atoms with E-state index >= 15 is 0 Å². The smallest absolute Gasteiger partial charge is 0.303 e. The number of hydrogen-bond acceptors (Lipinski definition) is 5. The van der Waals surface area contributed by atoms with Gasteiger partial charge in [0.2, 0.25) is 0 Å². The Bertz CT molecular complexity index is 1580. The molecule has 8 nitrogen and oxygen atoms in total. The molecule has 4 bridgehead atoms. The molecule has 6 rings (SSSR count). The highest BCUT2D eigenvalue weighted by atomic mass is 32.2. The molecule has 3 aromatic rings. The molecule has 1 aromatic heterocycles. The van der Waals surface area contributed by atoms with E-state index in [0.29, 0.717) is 24.6 Å². The van der Waals surface area contributed by atoms with Gasteiger partial charge in [0.15, 0.2) is 0 Å². The summed E-state index contributed by atoms with van der Waals surface area (Å²) in [5.74, 6) is 0.642. The van der Waals surface area contributed by atoms with Crippen LogP contribution in [0.1, 0.15) is 78.8 Å². The molecule has 2 aromatic carbocycles. The Morgan fingerprint density at radius 2 is 1.77 bits per heavy atom. The number of methoxy groups -OCH3 is 1. The quantitative estimate of drug-likeness (QED) is 0.436. The molecule has 3 heterocycles. The van der Waals surface area contributed by atoms with Gasteiger partial charge in [-0.3, -0.25) is 4.79 Å². The van der Waals surface area contributed by atoms with E-state index in [2.05, 4.69) is 32.8 Å². The zero-order valence-corrected chi connectivity index (χ0v) is 24.1.